The number of carbonyl (C=O) groups excluding carboxylic acids is 1. The van der Waals surface area contributed by atoms with Crippen LogP contribution < -0.4 is 9.47 Å². The van der Waals surface area contributed by atoms with Gasteiger partial charge in [0.25, 0.3) is 5.91 Å². The van der Waals surface area contributed by atoms with E-state index in [0.717, 1.165) is 44.0 Å². The van der Waals surface area contributed by atoms with Crippen LogP contribution in [0.15, 0.2) is 41.0 Å². The highest BCUT2D eigenvalue weighted by Crippen LogP contribution is 2.34. The normalized spacial score (nSPS) is 24.5. The fraction of sp³-hybridized carbons (Fsp3) is 0.542. The topological polar surface area (TPSA) is 55.2 Å². The SMILES string of the molecule is C[C@@H](Cc1ccc2c(c1)OCO2)CN1CCC[C@@H]2CN(C(=O)c3ccco3)CC[C@@H]21. The number of benzene rings is 1. The molecule has 30 heavy (non-hydrogen) atoms. The Kier molecular flexibility index (Phi) is 5.42. The molecule has 0 unspecified atom stereocenters. The molecule has 6 heteroatoms. The molecule has 0 saturated carbocycles. The van der Waals surface area contributed by atoms with Crippen molar-refractivity contribution in [3.63, 3.8) is 0 Å². The zero-order valence-electron chi connectivity index (χ0n) is 17.6. The number of rotatable bonds is 5. The van der Waals surface area contributed by atoms with E-state index in [0.29, 0.717) is 30.4 Å². The van der Waals surface area contributed by atoms with E-state index < -0.39 is 0 Å². The van der Waals surface area contributed by atoms with Crippen LogP contribution in [0.5, 0.6) is 11.5 Å². The molecular weight excluding hydrogens is 380 g/mol. The summed E-state index contributed by atoms with van der Waals surface area (Å²) in [4.78, 5) is 17.3. The van der Waals surface area contributed by atoms with Crippen molar-refractivity contribution in [1.82, 2.24) is 9.80 Å². The van der Waals surface area contributed by atoms with E-state index in [9.17, 15) is 4.79 Å². The van der Waals surface area contributed by atoms with E-state index in [1.165, 1.54) is 24.9 Å². The molecule has 2 fully saturated rings. The highest BCUT2D eigenvalue weighted by atomic mass is 16.7. The van der Waals surface area contributed by atoms with Crippen LogP contribution in [-0.2, 0) is 6.42 Å². The van der Waals surface area contributed by atoms with Crippen LogP contribution in [0.1, 0.15) is 42.3 Å². The van der Waals surface area contributed by atoms with Gasteiger partial charge in [-0.1, -0.05) is 13.0 Å². The van der Waals surface area contributed by atoms with E-state index in [-0.39, 0.29) is 5.91 Å². The van der Waals surface area contributed by atoms with Crippen molar-refractivity contribution in [2.45, 2.75) is 38.6 Å². The Labute approximate surface area is 177 Å². The van der Waals surface area contributed by atoms with Gasteiger partial charge in [0, 0.05) is 25.7 Å². The summed E-state index contributed by atoms with van der Waals surface area (Å²) in [5.41, 5.74) is 1.30. The summed E-state index contributed by atoms with van der Waals surface area (Å²) in [6, 6.07) is 10.4. The van der Waals surface area contributed by atoms with Gasteiger partial charge >= 0.3 is 0 Å². The number of ether oxygens (including phenoxy) is 2. The highest BCUT2D eigenvalue weighted by molar-refractivity contribution is 5.91. The van der Waals surface area contributed by atoms with Gasteiger partial charge in [0.05, 0.1) is 6.26 Å². The molecule has 3 atom stereocenters. The molecule has 2 aromatic rings. The lowest BCUT2D eigenvalue weighted by Crippen LogP contribution is -2.55. The van der Waals surface area contributed by atoms with Crippen LogP contribution in [0.3, 0.4) is 0 Å². The molecule has 3 aliphatic rings. The minimum atomic E-state index is 0.0340. The third-order valence-corrected chi connectivity index (χ3v) is 6.77. The molecular formula is C24H30N2O4. The van der Waals surface area contributed by atoms with Crippen LogP contribution >= 0.6 is 0 Å². The van der Waals surface area contributed by atoms with Gasteiger partial charge < -0.3 is 18.8 Å². The van der Waals surface area contributed by atoms with Crippen molar-refractivity contribution in [1.29, 1.82) is 0 Å². The first kappa shape index (κ1) is 19.5. The predicted molar refractivity (Wildman–Crippen MR) is 113 cm³/mol. The van der Waals surface area contributed by atoms with Crippen LogP contribution in [0.4, 0.5) is 0 Å². The number of fused-ring (bicyclic) bond motifs is 2. The number of hydrogen-bond donors (Lipinski definition) is 0. The lowest BCUT2D eigenvalue weighted by molar-refractivity contribution is 0.0142. The minimum absolute atomic E-state index is 0.0340. The standard InChI is InChI=1S/C24H30N2O4/c1-17(12-18-6-7-21-23(13-18)30-16-29-21)14-25-9-2-4-19-15-26(10-8-20(19)25)24(27)22-5-3-11-28-22/h3,5-7,11,13,17,19-20H,2,4,8-10,12,14-16H2,1H3/t17-,19+,20-/m0/s1. The van der Waals surface area contributed by atoms with Gasteiger partial charge in [0.1, 0.15) is 0 Å². The van der Waals surface area contributed by atoms with Crippen LogP contribution in [0, 0.1) is 11.8 Å². The average molecular weight is 411 g/mol. The Balaban J connectivity index is 1.18. The number of amides is 1. The Morgan fingerprint density at radius 2 is 2.07 bits per heavy atom. The lowest BCUT2D eigenvalue weighted by atomic mass is 9.83. The summed E-state index contributed by atoms with van der Waals surface area (Å²) in [6.07, 6.45) is 6.08. The Morgan fingerprint density at radius 3 is 2.93 bits per heavy atom. The third kappa shape index (κ3) is 3.93. The van der Waals surface area contributed by atoms with E-state index in [4.69, 9.17) is 13.9 Å². The van der Waals surface area contributed by atoms with Crippen LogP contribution in [-0.4, -0.2) is 54.7 Å². The second-order valence-electron chi connectivity index (χ2n) is 8.98. The second kappa shape index (κ2) is 8.34. The van der Waals surface area contributed by atoms with E-state index in [1.54, 1.807) is 18.4 Å². The smallest absolute Gasteiger partial charge is 0.289 e. The molecule has 6 nitrogen and oxygen atoms in total. The molecule has 0 aliphatic carbocycles. The fourth-order valence-corrected chi connectivity index (χ4v) is 5.41. The summed E-state index contributed by atoms with van der Waals surface area (Å²) in [5.74, 6) is 3.33. The molecule has 1 aromatic carbocycles. The van der Waals surface area contributed by atoms with Gasteiger partial charge in [-0.2, -0.15) is 0 Å². The Hall–Kier alpha value is -2.47. The van der Waals surface area contributed by atoms with Crippen molar-refractivity contribution >= 4 is 5.91 Å². The largest absolute Gasteiger partial charge is 0.459 e. The number of piperidine rings is 2. The quantitative estimate of drug-likeness (QED) is 0.750. The average Bonchev–Trinajstić information content (AvgIpc) is 3.45. The monoisotopic (exact) mass is 410 g/mol. The molecule has 5 rings (SSSR count). The molecule has 4 heterocycles. The Morgan fingerprint density at radius 1 is 1.17 bits per heavy atom. The van der Waals surface area contributed by atoms with Crippen molar-refractivity contribution < 1.29 is 18.7 Å². The fourth-order valence-electron chi connectivity index (χ4n) is 5.41. The molecule has 2 saturated heterocycles. The first-order valence-corrected chi connectivity index (χ1v) is 11.1. The zero-order valence-corrected chi connectivity index (χ0v) is 17.6. The molecule has 160 valence electrons. The zero-order chi connectivity index (χ0) is 20.5. The first-order chi connectivity index (χ1) is 14.7. The number of furan rings is 1. The van der Waals surface area contributed by atoms with E-state index >= 15 is 0 Å². The number of nitrogens with zero attached hydrogens (tertiary/aromatic N) is 2. The summed E-state index contributed by atoms with van der Waals surface area (Å²) < 4.78 is 16.3. The molecule has 1 aromatic heterocycles. The number of hydrogen-bond acceptors (Lipinski definition) is 5. The van der Waals surface area contributed by atoms with Gasteiger partial charge in [0.2, 0.25) is 6.79 Å². The summed E-state index contributed by atoms with van der Waals surface area (Å²) >= 11 is 0. The number of carbonyl (C=O) groups is 1. The summed E-state index contributed by atoms with van der Waals surface area (Å²) in [7, 11) is 0. The van der Waals surface area contributed by atoms with Crippen molar-refractivity contribution in [2.75, 3.05) is 33.0 Å². The van der Waals surface area contributed by atoms with Crippen LogP contribution in [0.25, 0.3) is 0 Å². The summed E-state index contributed by atoms with van der Waals surface area (Å²) in [5, 5.41) is 0. The Bertz CT molecular complexity index is 881. The third-order valence-electron chi connectivity index (χ3n) is 6.77. The summed E-state index contributed by atoms with van der Waals surface area (Å²) in [6.45, 7) is 6.58. The molecule has 0 spiro atoms. The lowest BCUT2D eigenvalue weighted by Gasteiger charge is -2.47. The van der Waals surface area contributed by atoms with Crippen LogP contribution in [0.2, 0.25) is 0 Å². The van der Waals surface area contributed by atoms with Crippen molar-refractivity contribution in [3.8, 4) is 11.5 Å². The second-order valence-corrected chi connectivity index (χ2v) is 8.98. The van der Waals surface area contributed by atoms with E-state index in [2.05, 4.69) is 24.0 Å². The minimum Gasteiger partial charge on any atom is -0.459 e. The van der Waals surface area contributed by atoms with Gasteiger partial charge in [0.15, 0.2) is 17.3 Å². The molecule has 3 aliphatic heterocycles. The highest BCUT2D eigenvalue weighted by Gasteiger charge is 2.38. The number of likely N-dealkylation sites (tertiary alicyclic amines) is 2. The van der Waals surface area contributed by atoms with Gasteiger partial charge in [-0.3, -0.25) is 9.69 Å². The van der Waals surface area contributed by atoms with Crippen molar-refractivity contribution in [3.05, 3.63) is 47.9 Å². The van der Waals surface area contributed by atoms with Gasteiger partial charge in [-0.15, -0.1) is 0 Å². The maximum atomic E-state index is 12.7. The molecule has 0 bridgehead atoms. The van der Waals surface area contributed by atoms with Gasteiger partial charge in [-0.25, -0.2) is 0 Å². The van der Waals surface area contributed by atoms with Gasteiger partial charge in [-0.05, 0) is 73.9 Å². The van der Waals surface area contributed by atoms with E-state index in [1.807, 2.05) is 11.0 Å². The van der Waals surface area contributed by atoms with Crippen molar-refractivity contribution in [2.24, 2.45) is 11.8 Å². The molecule has 0 N–H and O–H groups in total. The predicted octanol–water partition coefficient (Wildman–Crippen LogP) is 3.81. The first-order valence-electron chi connectivity index (χ1n) is 11.1. The molecule has 0 radical (unpaired) electrons. The maximum Gasteiger partial charge on any atom is 0.289 e. The maximum absolute atomic E-state index is 12.7. The molecule has 1 amide bonds.